The number of aliphatic hydroxyl groups is 1. The fourth-order valence-corrected chi connectivity index (χ4v) is 3.26. The van der Waals surface area contributed by atoms with Crippen LogP contribution in [0.5, 0.6) is 0 Å². The summed E-state index contributed by atoms with van der Waals surface area (Å²) in [6, 6.07) is 1.83. The van der Waals surface area contributed by atoms with Gasteiger partial charge >= 0.3 is 0 Å². The maximum absolute atomic E-state index is 12.4. The van der Waals surface area contributed by atoms with E-state index in [0.717, 1.165) is 37.4 Å². The van der Waals surface area contributed by atoms with Crippen molar-refractivity contribution in [1.29, 1.82) is 0 Å². The first-order chi connectivity index (χ1) is 12.1. The number of carbonyl (C=O) groups excluding carboxylic acids is 1. The van der Waals surface area contributed by atoms with Crippen molar-refractivity contribution in [1.82, 2.24) is 19.8 Å². The van der Waals surface area contributed by atoms with Gasteiger partial charge < -0.3 is 19.4 Å². The first kappa shape index (κ1) is 17.7. The summed E-state index contributed by atoms with van der Waals surface area (Å²) in [7, 11) is 1.80. The summed E-state index contributed by atoms with van der Waals surface area (Å²) >= 11 is 0. The average molecular weight is 346 g/mol. The fourth-order valence-electron chi connectivity index (χ4n) is 3.26. The van der Waals surface area contributed by atoms with Gasteiger partial charge in [-0.1, -0.05) is 6.92 Å². The minimum absolute atomic E-state index is 0.0906. The molecule has 0 spiro atoms. The van der Waals surface area contributed by atoms with Crippen molar-refractivity contribution >= 4 is 5.91 Å². The first-order valence-electron chi connectivity index (χ1n) is 8.86. The van der Waals surface area contributed by atoms with E-state index >= 15 is 0 Å². The van der Waals surface area contributed by atoms with Crippen molar-refractivity contribution in [3.05, 3.63) is 41.4 Å². The van der Waals surface area contributed by atoms with Crippen molar-refractivity contribution in [2.75, 3.05) is 19.6 Å². The third kappa shape index (κ3) is 4.11. The number of amides is 1. The maximum Gasteiger partial charge on any atom is 0.287 e. The summed E-state index contributed by atoms with van der Waals surface area (Å²) in [4.78, 5) is 18.8. The van der Waals surface area contributed by atoms with Gasteiger partial charge in [-0.3, -0.25) is 9.69 Å². The van der Waals surface area contributed by atoms with Crippen LogP contribution in [0.1, 0.15) is 53.6 Å². The van der Waals surface area contributed by atoms with Gasteiger partial charge in [0.1, 0.15) is 17.7 Å². The van der Waals surface area contributed by atoms with E-state index in [2.05, 4.69) is 15.2 Å². The van der Waals surface area contributed by atoms with Crippen LogP contribution in [-0.4, -0.2) is 45.1 Å². The van der Waals surface area contributed by atoms with Crippen LogP contribution < -0.4 is 5.32 Å². The Morgan fingerprint density at radius 2 is 2.20 bits per heavy atom. The zero-order chi connectivity index (χ0) is 17.8. The highest BCUT2D eigenvalue weighted by molar-refractivity contribution is 5.91. The molecule has 136 valence electrons. The number of nitrogens with zero attached hydrogens (tertiary/aromatic N) is 3. The lowest BCUT2D eigenvalue weighted by atomic mass is 10.2. The number of imidazole rings is 1. The average Bonchev–Trinajstić information content (AvgIpc) is 3.33. The summed E-state index contributed by atoms with van der Waals surface area (Å²) in [5, 5.41) is 12.9. The Balaban J connectivity index is 1.61. The van der Waals surface area contributed by atoms with Gasteiger partial charge in [-0.2, -0.15) is 0 Å². The number of hydrogen-bond donors (Lipinski definition) is 2. The molecule has 0 aliphatic carbocycles. The molecule has 1 atom stereocenters. The molecular formula is C18H26N4O3. The molecule has 0 bridgehead atoms. The largest absolute Gasteiger partial charge is 0.456 e. The van der Waals surface area contributed by atoms with Gasteiger partial charge in [0.15, 0.2) is 5.76 Å². The van der Waals surface area contributed by atoms with Crippen LogP contribution in [0.3, 0.4) is 0 Å². The predicted octanol–water partition coefficient (Wildman–Crippen LogP) is 1.63. The molecule has 7 heteroatoms. The Bertz CT molecular complexity index is 716. The number of carbonyl (C=O) groups is 1. The van der Waals surface area contributed by atoms with Gasteiger partial charge in [0.25, 0.3) is 5.91 Å². The zero-order valence-corrected chi connectivity index (χ0v) is 14.9. The Hall–Kier alpha value is -2.12. The lowest BCUT2D eigenvalue weighted by molar-refractivity contribution is 0.0881. The Morgan fingerprint density at radius 1 is 1.44 bits per heavy atom. The lowest BCUT2D eigenvalue weighted by Gasteiger charge is -2.13. The fraction of sp³-hybridized carbons (Fsp3) is 0.556. The molecule has 0 saturated carbocycles. The van der Waals surface area contributed by atoms with E-state index in [1.54, 1.807) is 24.0 Å². The number of aryl methyl sites for hydroxylation is 2. The summed E-state index contributed by atoms with van der Waals surface area (Å²) in [5.74, 6) is 1.37. The maximum atomic E-state index is 12.4. The molecular weight excluding hydrogens is 320 g/mol. The first-order valence-corrected chi connectivity index (χ1v) is 8.86. The quantitative estimate of drug-likeness (QED) is 0.796. The van der Waals surface area contributed by atoms with Gasteiger partial charge in [-0.15, -0.1) is 0 Å². The molecule has 2 N–H and O–H groups in total. The molecule has 2 aromatic heterocycles. The van der Waals surface area contributed by atoms with E-state index in [1.165, 1.54) is 12.8 Å². The molecule has 1 aliphatic rings. The molecule has 0 radical (unpaired) electrons. The third-order valence-corrected chi connectivity index (χ3v) is 4.65. The predicted molar refractivity (Wildman–Crippen MR) is 93.1 cm³/mol. The van der Waals surface area contributed by atoms with Gasteiger partial charge in [-0.05, 0) is 32.0 Å². The molecule has 1 saturated heterocycles. The number of rotatable bonds is 7. The Kier molecular flexibility index (Phi) is 5.55. The van der Waals surface area contributed by atoms with E-state index in [9.17, 15) is 9.90 Å². The number of likely N-dealkylation sites (tertiary alicyclic amines) is 1. The standard InChI is InChI=1S/C18H26N4O3/c1-3-15-13(12-22-7-4-5-8-22)10-16(25-15)18(24)20-11-14(23)17-19-6-9-21(17)2/h6,9-10,14,23H,3-5,7-8,11-12H2,1-2H3,(H,20,24). The van der Waals surface area contributed by atoms with Crippen molar-refractivity contribution in [2.45, 2.75) is 38.8 Å². The monoisotopic (exact) mass is 346 g/mol. The van der Waals surface area contributed by atoms with Crippen molar-refractivity contribution in [2.24, 2.45) is 7.05 Å². The molecule has 1 unspecified atom stereocenters. The Labute approximate surface area is 147 Å². The smallest absolute Gasteiger partial charge is 0.287 e. The molecule has 2 aromatic rings. The lowest BCUT2D eigenvalue weighted by Crippen LogP contribution is -2.29. The van der Waals surface area contributed by atoms with Crippen LogP contribution in [0.4, 0.5) is 0 Å². The molecule has 1 aliphatic heterocycles. The van der Waals surface area contributed by atoms with Crippen LogP contribution in [0.2, 0.25) is 0 Å². The van der Waals surface area contributed by atoms with Crippen LogP contribution >= 0.6 is 0 Å². The van der Waals surface area contributed by atoms with E-state index in [1.807, 2.05) is 13.0 Å². The minimum atomic E-state index is -0.853. The summed E-state index contributed by atoms with van der Waals surface area (Å²) in [6.07, 6.45) is 5.74. The highest BCUT2D eigenvalue weighted by atomic mass is 16.4. The molecule has 7 nitrogen and oxygen atoms in total. The van der Waals surface area contributed by atoms with Crippen LogP contribution in [-0.2, 0) is 20.0 Å². The second kappa shape index (κ2) is 7.84. The van der Waals surface area contributed by atoms with Gasteiger partial charge in [-0.25, -0.2) is 4.98 Å². The van der Waals surface area contributed by atoms with Gasteiger partial charge in [0.2, 0.25) is 0 Å². The van der Waals surface area contributed by atoms with Crippen molar-refractivity contribution in [3.8, 4) is 0 Å². The number of furan rings is 1. The topological polar surface area (TPSA) is 83.5 Å². The van der Waals surface area contributed by atoms with Crippen molar-refractivity contribution in [3.63, 3.8) is 0 Å². The van der Waals surface area contributed by atoms with E-state index in [-0.39, 0.29) is 12.5 Å². The number of aliphatic hydroxyl groups excluding tert-OH is 1. The second-order valence-corrected chi connectivity index (χ2v) is 6.52. The molecule has 25 heavy (non-hydrogen) atoms. The second-order valence-electron chi connectivity index (χ2n) is 6.52. The highest BCUT2D eigenvalue weighted by Gasteiger charge is 2.20. The molecule has 3 rings (SSSR count). The summed E-state index contributed by atoms with van der Waals surface area (Å²) in [5.41, 5.74) is 1.08. The molecule has 0 aromatic carbocycles. The number of aromatic nitrogens is 2. The number of nitrogens with one attached hydrogen (secondary N) is 1. The van der Waals surface area contributed by atoms with E-state index in [4.69, 9.17) is 4.42 Å². The highest BCUT2D eigenvalue weighted by Crippen LogP contribution is 2.21. The summed E-state index contributed by atoms with van der Waals surface area (Å²) in [6.45, 7) is 5.15. The van der Waals surface area contributed by atoms with Crippen LogP contribution in [0.25, 0.3) is 0 Å². The van der Waals surface area contributed by atoms with E-state index < -0.39 is 6.10 Å². The third-order valence-electron chi connectivity index (χ3n) is 4.65. The van der Waals surface area contributed by atoms with Crippen LogP contribution in [0.15, 0.2) is 22.9 Å². The molecule has 1 fully saturated rings. The Morgan fingerprint density at radius 3 is 2.84 bits per heavy atom. The van der Waals surface area contributed by atoms with Crippen LogP contribution in [0, 0.1) is 0 Å². The molecule has 3 heterocycles. The normalized spacial score (nSPS) is 16.3. The minimum Gasteiger partial charge on any atom is -0.456 e. The SMILES string of the molecule is CCc1oc(C(=O)NCC(O)c2nccn2C)cc1CN1CCCC1. The zero-order valence-electron chi connectivity index (χ0n) is 14.9. The van der Waals surface area contributed by atoms with Gasteiger partial charge in [0.05, 0.1) is 6.54 Å². The summed E-state index contributed by atoms with van der Waals surface area (Å²) < 4.78 is 7.47. The van der Waals surface area contributed by atoms with Crippen molar-refractivity contribution < 1.29 is 14.3 Å². The molecule has 1 amide bonds. The van der Waals surface area contributed by atoms with E-state index in [0.29, 0.717) is 11.6 Å². The number of hydrogen-bond acceptors (Lipinski definition) is 5. The van der Waals surface area contributed by atoms with Gasteiger partial charge in [0, 0.05) is 38.0 Å².